The van der Waals surface area contributed by atoms with Crippen molar-refractivity contribution in [2.24, 2.45) is 27.1 Å². The van der Waals surface area contributed by atoms with Crippen molar-refractivity contribution in [3.8, 4) is 0 Å². The summed E-state index contributed by atoms with van der Waals surface area (Å²) >= 11 is 0. The number of carbonyl (C=O) groups excluding carboxylic acids is 2. The van der Waals surface area contributed by atoms with Crippen LogP contribution in [-0.2, 0) is 9.59 Å². The Morgan fingerprint density at radius 2 is 0.862 bits per heavy atom. The van der Waals surface area contributed by atoms with Gasteiger partial charge in [-0.25, -0.2) is 13.2 Å². The minimum atomic E-state index is -2.49. The molecular weight excluding hydrogens is 736 g/mol. The van der Waals surface area contributed by atoms with Crippen molar-refractivity contribution in [3.63, 3.8) is 0 Å². The quantitative estimate of drug-likeness (QED) is 0.244. The number of allylic oxidation sites excluding steroid dienone is 3. The molecule has 0 unspecified atom stereocenters. The van der Waals surface area contributed by atoms with Crippen LogP contribution in [0.25, 0.3) is 0 Å². The molecule has 4 heterocycles. The fraction of sp³-hybridized carbons (Fsp3) is 0.833. The summed E-state index contributed by atoms with van der Waals surface area (Å²) in [7, 11) is 3.57. The molecule has 0 bridgehead atoms. The van der Waals surface area contributed by atoms with Crippen molar-refractivity contribution in [2.75, 3.05) is 66.5 Å². The predicted octanol–water partition coefficient (Wildman–Crippen LogP) is 11.7. The molecule has 2 amide bonds. The average Bonchev–Trinajstić information content (AvgIpc) is 3.45. The van der Waals surface area contributed by atoms with Crippen LogP contribution in [-0.4, -0.2) is 115 Å². The van der Waals surface area contributed by atoms with Gasteiger partial charge in [0.2, 0.25) is 11.8 Å². The molecule has 0 radical (unpaired) electrons. The first-order valence-corrected chi connectivity index (χ1v) is 21.7. The summed E-state index contributed by atoms with van der Waals surface area (Å²) in [6, 6.07) is 0. The summed E-state index contributed by atoms with van der Waals surface area (Å²) < 4.78 is 37.5. The molecule has 0 spiro atoms. The highest BCUT2D eigenvalue weighted by Gasteiger charge is 2.44. The number of carbonyl (C=O) groups is 2. The first kappa shape index (κ1) is 55.4. The second-order valence-electron chi connectivity index (χ2n) is 23.3. The molecule has 0 N–H and O–H groups in total. The topological polar surface area (TPSA) is 50.3 Å². The van der Waals surface area contributed by atoms with Crippen molar-refractivity contribution in [2.45, 2.75) is 167 Å². The fourth-order valence-electron chi connectivity index (χ4n) is 6.37. The lowest BCUT2D eigenvalue weighted by atomic mass is 9.89. The normalized spacial score (nSPS) is 17.9. The first-order valence-electron chi connectivity index (χ1n) is 21.7. The van der Waals surface area contributed by atoms with Crippen molar-refractivity contribution in [3.05, 3.63) is 36.8 Å². The number of alkyl halides is 3. The number of amides is 2. The maximum Gasteiger partial charge on any atom is 0.282 e. The zero-order chi connectivity index (χ0) is 45.7. The van der Waals surface area contributed by atoms with Gasteiger partial charge in [0.15, 0.2) is 0 Å². The van der Waals surface area contributed by atoms with Gasteiger partial charge in [-0.1, -0.05) is 124 Å². The van der Waals surface area contributed by atoms with E-state index in [4.69, 9.17) is 0 Å². The predicted molar refractivity (Wildman–Crippen MR) is 241 cm³/mol. The van der Waals surface area contributed by atoms with Gasteiger partial charge >= 0.3 is 0 Å². The Morgan fingerprint density at radius 3 is 1.12 bits per heavy atom. The first-order chi connectivity index (χ1) is 25.9. The van der Waals surface area contributed by atoms with Crippen LogP contribution in [0, 0.1) is 27.1 Å². The third-order valence-corrected chi connectivity index (χ3v) is 9.40. The molecule has 0 aromatic heterocycles. The monoisotopic (exact) mass is 826 g/mol. The highest BCUT2D eigenvalue weighted by Crippen LogP contribution is 2.34. The Balaban J connectivity index is 0.000000702. The van der Waals surface area contributed by atoms with E-state index in [-0.39, 0.29) is 40.7 Å². The summed E-state index contributed by atoms with van der Waals surface area (Å²) in [5, 5.41) is 0. The number of likely N-dealkylation sites (tertiary alicyclic amines) is 4. The van der Waals surface area contributed by atoms with Crippen LogP contribution < -0.4 is 0 Å². The van der Waals surface area contributed by atoms with Crippen LogP contribution in [0.4, 0.5) is 13.2 Å². The van der Waals surface area contributed by atoms with E-state index in [2.05, 4.69) is 128 Å². The van der Waals surface area contributed by atoms with Gasteiger partial charge < -0.3 is 24.5 Å². The van der Waals surface area contributed by atoms with E-state index in [1.165, 1.54) is 38.0 Å². The number of hydrogen-bond donors (Lipinski definition) is 0. The Hall–Kier alpha value is -2.65. The molecule has 4 rings (SSSR count). The summed E-state index contributed by atoms with van der Waals surface area (Å²) in [6.07, 6.45) is 7.29. The van der Waals surface area contributed by atoms with Gasteiger partial charge in [-0.05, 0) is 65.6 Å². The van der Waals surface area contributed by atoms with Crippen molar-refractivity contribution in [1.29, 1.82) is 0 Å². The van der Waals surface area contributed by atoms with Crippen molar-refractivity contribution >= 4 is 11.8 Å². The molecule has 4 saturated heterocycles. The zero-order valence-electron chi connectivity index (χ0n) is 40.7. The maximum absolute atomic E-state index is 12.5. The molecule has 0 atom stereocenters. The highest BCUT2D eigenvalue weighted by molar-refractivity contribution is 5.77. The van der Waals surface area contributed by atoms with Gasteiger partial charge in [-0.2, -0.15) is 0 Å². The van der Waals surface area contributed by atoms with E-state index in [1.807, 2.05) is 9.80 Å². The standard InChI is InChI=1S/C10H17F2N.C10H18FN.C10H19NO.C10H19N.C8H17NO/c1-8(5-9(2,3)4)13-6-10(11,12)7-13;1-8(5-10(2,3)4)12-6-9(11)7-12;1-10(2,3)8-9(12)11-6-4-5-7-11;1-9(8-10(2,3)4)11-6-5-7-11;1-8(2,3)6-7(10)9(4)5/h1,5-7H2,2-4H3;9H,1,5-7H2,2-4H3;4-8H2,1-3H3;1,5-8H2,2-4H3;6H2,1-5H3. The van der Waals surface area contributed by atoms with Gasteiger partial charge in [0.25, 0.3) is 5.92 Å². The third kappa shape index (κ3) is 27.2. The van der Waals surface area contributed by atoms with Gasteiger partial charge in [0, 0.05) is 70.2 Å². The van der Waals surface area contributed by atoms with Gasteiger partial charge in [-0.15, -0.1) is 0 Å². The Kier molecular flexibility index (Phi) is 21.8. The van der Waals surface area contributed by atoms with E-state index in [0.29, 0.717) is 37.3 Å². The molecule has 0 aromatic carbocycles. The second kappa shape index (κ2) is 22.8. The molecule has 0 aliphatic carbocycles. The van der Waals surface area contributed by atoms with E-state index in [1.54, 1.807) is 23.9 Å². The Morgan fingerprint density at radius 1 is 0.534 bits per heavy atom. The molecule has 4 aliphatic rings. The van der Waals surface area contributed by atoms with E-state index in [9.17, 15) is 22.8 Å². The third-order valence-electron chi connectivity index (χ3n) is 9.40. The van der Waals surface area contributed by atoms with Gasteiger partial charge in [0.05, 0.1) is 26.2 Å². The number of halogens is 3. The molecule has 4 fully saturated rings. The van der Waals surface area contributed by atoms with Crippen LogP contribution >= 0.6 is 0 Å². The van der Waals surface area contributed by atoms with Crippen LogP contribution in [0.3, 0.4) is 0 Å². The SMILES string of the molecule is C=C(CC(C)(C)C)N1CC(F)(F)C1.C=C(CC(C)(C)C)N1CC(F)C1.C=C(CC(C)(C)C)N1CCC1.CC(C)(C)CC(=O)N1CCCC1.CN(C)C(=O)CC(C)(C)C. The lowest BCUT2D eigenvalue weighted by Gasteiger charge is -2.42. The molecule has 10 heteroatoms. The lowest BCUT2D eigenvalue weighted by Crippen LogP contribution is -2.55. The largest absolute Gasteiger partial charge is 0.375 e. The summed E-state index contributed by atoms with van der Waals surface area (Å²) in [6.45, 7) is 49.2. The molecule has 340 valence electrons. The lowest BCUT2D eigenvalue weighted by molar-refractivity contribution is -0.132. The summed E-state index contributed by atoms with van der Waals surface area (Å²) in [4.78, 5) is 32.4. The number of hydrogen-bond acceptors (Lipinski definition) is 5. The Bertz CT molecular complexity index is 1280. The summed E-state index contributed by atoms with van der Waals surface area (Å²) in [5.74, 6) is -1.95. The molecule has 58 heavy (non-hydrogen) atoms. The van der Waals surface area contributed by atoms with Crippen LogP contribution in [0.2, 0.25) is 0 Å². The van der Waals surface area contributed by atoms with Crippen molar-refractivity contribution in [1.82, 2.24) is 24.5 Å². The van der Waals surface area contributed by atoms with Gasteiger partial charge in [-0.3, -0.25) is 9.59 Å². The van der Waals surface area contributed by atoms with E-state index in [0.717, 1.165) is 43.7 Å². The Labute approximate surface area is 355 Å². The molecule has 4 aliphatic heterocycles. The number of rotatable bonds is 8. The fourth-order valence-corrected chi connectivity index (χ4v) is 6.37. The smallest absolute Gasteiger partial charge is 0.282 e. The zero-order valence-corrected chi connectivity index (χ0v) is 40.7. The second-order valence-corrected chi connectivity index (χ2v) is 23.3. The molecular formula is C48H90F3N5O2. The molecule has 0 saturated carbocycles. The van der Waals surface area contributed by atoms with Crippen molar-refractivity contribution < 1.29 is 22.8 Å². The molecule has 7 nitrogen and oxygen atoms in total. The minimum absolute atomic E-state index is 0.112. The van der Waals surface area contributed by atoms with Crippen LogP contribution in [0.1, 0.15) is 155 Å². The maximum atomic E-state index is 12.5. The number of nitrogens with zero attached hydrogens (tertiary/aromatic N) is 5. The molecule has 0 aromatic rings. The van der Waals surface area contributed by atoms with E-state index < -0.39 is 12.1 Å². The average molecular weight is 826 g/mol. The van der Waals surface area contributed by atoms with Crippen LogP contribution in [0.5, 0.6) is 0 Å². The summed E-state index contributed by atoms with van der Waals surface area (Å²) in [5.41, 5.74) is 4.27. The van der Waals surface area contributed by atoms with Crippen LogP contribution in [0.15, 0.2) is 36.8 Å². The minimum Gasteiger partial charge on any atom is -0.375 e. The van der Waals surface area contributed by atoms with E-state index >= 15 is 0 Å². The highest BCUT2D eigenvalue weighted by atomic mass is 19.3. The van der Waals surface area contributed by atoms with Gasteiger partial charge in [0.1, 0.15) is 6.17 Å².